The second-order valence-electron chi connectivity index (χ2n) is 4.55. The number of carbonyl (C=O) groups excluding carboxylic acids is 1. The van der Waals surface area contributed by atoms with Gasteiger partial charge in [0.1, 0.15) is 4.90 Å². The monoisotopic (exact) mass is 339 g/mol. The molecule has 6 nitrogen and oxygen atoms in total. The van der Waals surface area contributed by atoms with Crippen LogP contribution in [0.25, 0.3) is 0 Å². The third kappa shape index (κ3) is 3.90. The van der Waals surface area contributed by atoms with E-state index in [4.69, 9.17) is 17.3 Å². The highest BCUT2D eigenvalue weighted by atomic mass is 35.5. The molecular weight excluding hydrogens is 326 g/mol. The van der Waals surface area contributed by atoms with Crippen LogP contribution < -0.4 is 15.8 Å². The van der Waals surface area contributed by atoms with E-state index in [0.29, 0.717) is 16.4 Å². The van der Waals surface area contributed by atoms with Gasteiger partial charge in [0.15, 0.2) is 0 Å². The van der Waals surface area contributed by atoms with E-state index >= 15 is 0 Å². The maximum Gasteiger partial charge on any atom is 0.263 e. The number of benzene rings is 2. The first-order valence-electron chi connectivity index (χ1n) is 6.23. The number of hydrogen-bond donors (Lipinski definition) is 3. The van der Waals surface area contributed by atoms with Gasteiger partial charge in [-0.25, -0.2) is 8.42 Å². The van der Waals surface area contributed by atoms with E-state index in [1.54, 1.807) is 24.3 Å². The van der Waals surface area contributed by atoms with E-state index < -0.39 is 10.0 Å². The summed E-state index contributed by atoms with van der Waals surface area (Å²) in [6.45, 7) is 1.35. The summed E-state index contributed by atoms with van der Waals surface area (Å²) in [6, 6.07) is 10.4. The quantitative estimate of drug-likeness (QED) is 0.745. The lowest BCUT2D eigenvalue weighted by Gasteiger charge is -2.11. The number of nitrogens with two attached hydrogens (primary N) is 1. The molecule has 1 amide bonds. The van der Waals surface area contributed by atoms with Gasteiger partial charge >= 0.3 is 0 Å². The van der Waals surface area contributed by atoms with Crippen LogP contribution in [0.5, 0.6) is 0 Å². The van der Waals surface area contributed by atoms with E-state index in [2.05, 4.69) is 10.0 Å². The second kappa shape index (κ2) is 6.25. The van der Waals surface area contributed by atoms with Gasteiger partial charge in [-0.05, 0) is 42.5 Å². The Bertz CT molecular complexity index is 805. The van der Waals surface area contributed by atoms with Crippen LogP contribution >= 0.6 is 11.6 Å². The molecule has 116 valence electrons. The fraction of sp³-hybridized carbons (Fsp3) is 0.0714. The minimum absolute atomic E-state index is 0.0349. The van der Waals surface area contributed by atoms with Crippen molar-refractivity contribution in [1.82, 2.24) is 0 Å². The molecule has 0 aliphatic rings. The van der Waals surface area contributed by atoms with Gasteiger partial charge in [0.2, 0.25) is 5.91 Å². The van der Waals surface area contributed by atoms with Crippen molar-refractivity contribution in [3.8, 4) is 0 Å². The van der Waals surface area contributed by atoms with Crippen molar-refractivity contribution < 1.29 is 13.2 Å². The Labute approximate surface area is 133 Å². The maximum absolute atomic E-state index is 12.3. The van der Waals surface area contributed by atoms with E-state index in [0.717, 1.165) is 0 Å². The topological polar surface area (TPSA) is 101 Å². The number of hydrogen-bond acceptors (Lipinski definition) is 4. The Morgan fingerprint density at radius 2 is 1.68 bits per heavy atom. The van der Waals surface area contributed by atoms with Gasteiger partial charge in [-0.15, -0.1) is 0 Å². The van der Waals surface area contributed by atoms with Crippen molar-refractivity contribution in [2.24, 2.45) is 0 Å². The smallest absolute Gasteiger partial charge is 0.263 e. The van der Waals surface area contributed by atoms with Crippen molar-refractivity contribution in [1.29, 1.82) is 0 Å². The number of nitrogen functional groups attached to an aromatic ring is 1. The van der Waals surface area contributed by atoms with Crippen molar-refractivity contribution in [3.63, 3.8) is 0 Å². The lowest BCUT2D eigenvalue weighted by Crippen LogP contribution is -2.15. The summed E-state index contributed by atoms with van der Waals surface area (Å²) in [5, 5.41) is 3.03. The second-order valence-corrected chi connectivity index (χ2v) is 6.63. The van der Waals surface area contributed by atoms with Crippen LogP contribution in [0.1, 0.15) is 6.92 Å². The van der Waals surface area contributed by atoms with Crippen LogP contribution in [0.3, 0.4) is 0 Å². The first-order chi connectivity index (χ1) is 10.3. The highest BCUT2D eigenvalue weighted by Gasteiger charge is 2.18. The van der Waals surface area contributed by atoms with E-state index in [1.807, 2.05) is 0 Å². The highest BCUT2D eigenvalue weighted by Crippen LogP contribution is 2.25. The van der Waals surface area contributed by atoms with Crippen molar-refractivity contribution in [3.05, 3.63) is 47.5 Å². The number of anilines is 3. The molecule has 0 saturated heterocycles. The fourth-order valence-corrected chi connectivity index (χ4v) is 3.10. The Hall–Kier alpha value is -2.25. The first-order valence-corrected chi connectivity index (χ1v) is 8.09. The van der Waals surface area contributed by atoms with E-state index in [1.165, 1.54) is 25.1 Å². The normalized spacial score (nSPS) is 11.0. The average molecular weight is 340 g/mol. The third-order valence-electron chi connectivity index (χ3n) is 2.72. The summed E-state index contributed by atoms with van der Waals surface area (Å²) in [6.07, 6.45) is 0. The van der Waals surface area contributed by atoms with Crippen LogP contribution in [0.2, 0.25) is 5.02 Å². The molecule has 4 N–H and O–H groups in total. The molecule has 0 spiro atoms. The average Bonchev–Trinajstić information content (AvgIpc) is 2.40. The number of carbonyl (C=O) groups is 1. The molecule has 0 radical (unpaired) electrons. The predicted octanol–water partition coefficient (Wildman–Crippen LogP) is 2.68. The van der Waals surface area contributed by atoms with E-state index in [-0.39, 0.29) is 16.5 Å². The van der Waals surface area contributed by atoms with Crippen LogP contribution in [0.15, 0.2) is 47.4 Å². The van der Waals surface area contributed by atoms with E-state index in [9.17, 15) is 13.2 Å². The molecule has 0 aromatic heterocycles. The summed E-state index contributed by atoms with van der Waals surface area (Å²) < 4.78 is 27.1. The largest absolute Gasteiger partial charge is 0.398 e. The molecule has 2 rings (SSSR count). The lowest BCUT2D eigenvalue weighted by molar-refractivity contribution is -0.114. The minimum Gasteiger partial charge on any atom is -0.398 e. The minimum atomic E-state index is -3.83. The number of sulfonamides is 1. The number of nitrogens with one attached hydrogen (secondary N) is 2. The first kappa shape index (κ1) is 16.1. The maximum atomic E-state index is 12.3. The number of rotatable bonds is 4. The lowest BCUT2D eigenvalue weighted by atomic mass is 10.3. The van der Waals surface area contributed by atoms with Crippen LogP contribution in [0, 0.1) is 0 Å². The Kier molecular flexibility index (Phi) is 4.58. The molecule has 0 saturated carbocycles. The summed E-state index contributed by atoms with van der Waals surface area (Å²) in [7, 11) is -3.83. The Balaban J connectivity index is 2.29. The van der Waals surface area contributed by atoms with Gasteiger partial charge in [-0.1, -0.05) is 11.6 Å². The summed E-state index contributed by atoms with van der Waals surface area (Å²) in [4.78, 5) is 10.9. The van der Waals surface area contributed by atoms with Crippen molar-refractivity contribution >= 4 is 44.6 Å². The Morgan fingerprint density at radius 3 is 2.23 bits per heavy atom. The van der Waals surface area contributed by atoms with Gasteiger partial charge in [-0.2, -0.15) is 0 Å². The number of halogens is 1. The molecule has 0 atom stereocenters. The van der Waals surface area contributed by atoms with Gasteiger partial charge in [-0.3, -0.25) is 9.52 Å². The fourth-order valence-electron chi connectivity index (χ4n) is 1.80. The number of amides is 1. The molecule has 0 unspecified atom stereocenters. The molecule has 2 aromatic carbocycles. The van der Waals surface area contributed by atoms with Crippen molar-refractivity contribution in [2.75, 3.05) is 15.8 Å². The Morgan fingerprint density at radius 1 is 1.09 bits per heavy atom. The molecular formula is C14H14ClN3O3S. The molecule has 22 heavy (non-hydrogen) atoms. The van der Waals surface area contributed by atoms with Gasteiger partial charge < -0.3 is 11.1 Å². The van der Waals surface area contributed by atoms with Gasteiger partial charge in [0, 0.05) is 23.3 Å². The SMILES string of the molecule is CC(=O)Nc1ccc(S(=O)(=O)Nc2ccc(Cl)cc2)c(N)c1. The van der Waals surface area contributed by atoms with Gasteiger partial charge in [0.25, 0.3) is 10.0 Å². The molecule has 0 fully saturated rings. The molecule has 2 aromatic rings. The highest BCUT2D eigenvalue weighted by molar-refractivity contribution is 7.92. The summed E-state index contributed by atoms with van der Waals surface area (Å²) >= 11 is 5.75. The van der Waals surface area contributed by atoms with Gasteiger partial charge in [0.05, 0.1) is 5.69 Å². The summed E-state index contributed by atoms with van der Waals surface area (Å²) in [5.41, 5.74) is 6.60. The zero-order valence-electron chi connectivity index (χ0n) is 11.6. The predicted molar refractivity (Wildman–Crippen MR) is 87.4 cm³/mol. The zero-order valence-corrected chi connectivity index (χ0v) is 13.2. The van der Waals surface area contributed by atoms with Crippen LogP contribution in [-0.2, 0) is 14.8 Å². The summed E-state index contributed by atoms with van der Waals surface area (Å²) in [5.74, 6) is -0.269. The molecule has 0 aliphatic carbocycles. The zero-order chi connectivity index (χ0) is 16.3. The molecule has 0 bridgehead atoms. The van der Waals surface area contributed by atoms with Crippen LogP contribution in [0.4, 0.5) is 17.1 Å². The third-order valence-corrected chi connectivity index (χ3v) is 4.42. The van der Waals surface area contributed by atoms with Crippen molar-refractivity contribution in [2.45, 2.75) is 11.8 Å². The molecule has 0 aliphatic heterocycles. The molecule has 8 heteroatoms. The van der Waals surface area contributed by atoms with Crippen LogP contribution in [-0.4, -0.2) is 14.3 Å². The standard InChI is InChI=1S/C14H14ClN3O3S/c1-9(19)17-12-6-7-14(13(16)8-12)22(20,21)18-11-4-2-10(15)3-5-11/h2-8,18H,16H2,1H3,(H,17,19). The molecule has 0 heterocycles.